The summed E-state index contributed by atoms with van der Waals surface area (Å²) in [5.74, 6) is -1.24. The number of carbonyl (C=O) groups is 2. The van der Waals surface area contributed by atoms with Crippen LogP contribution in [0, 0.1) is 0 Å². The van der Waals surface area contributed by atoms with E-state index in [0.717, 1.165) is 0 Å². The summed E-state index contributed by atoms with van der Waals surface area (Å²) >= 11 is 0. The van der Waals surface area contributed by atoms with Crippen LogP contribution >= 0.6 is 0 Å². The van der Waals surface area contributed by atoms with Gasteiger partial charge in [-0.1, -0.05) is 36.4 Å². The Kier molecular flexibility index (Phi) is 5.36. The monoisotopic (exact) mass is 418 g/mol. The number of fused-ring (bicyclic) bond motifs is 2. The fourth-order valence-corrected chi connectivity index (χ4v) is 3.13. The molecular formula is C23H18N2O6. The molecule has 2 aromatic heterocycles. The van der Waals surface area contributed by atoms with Crippen molar-refractivity contribution in [3.63, 3.8) is 0 Å². The number of hydrogen-bond acceptors (Lipinski definition) is 6. The third-order valence-corrected chi connectivity index (χ3v) is 4.72. The highest BCUT2D eigenvalue weighted by Gasteiger charge is 2.18. The van der Waals surface area contributed by atoms with E-state index in [2.05, 4.69) is 10.6 Å². The largest absolute Gasteiger partial charge is 0.422 e. The van der Waals surface area contributed by atoms with Gasteiger partial charge in [-0.25, -0.2) is 9.59 Å². The Hall–Kier alpha value is -4.20. The van der Waals surface area contributed by atoms with Gasteiger partial charge in [0.15, 0.2) is 0 Å². The van der Waals surface area contributed by atoms with E-state index < -0.39 is 29.1 Å². The Morgan fingerprint density at radius 1 is 0.806 bits per heavy atom. The summed E-state index contributed by atoms with van der Waals surface area (Å²) < 4.78 is 10.3. The number of para-hydroxylation sites is 2. The maximum absolute atomic E-state index is 12.5. The maximum Gasteiger partial charge on any atom is 0.349 e. The fourth-order valence-electron chi connectivity index (χ4n) is 3.13. The standard InChI is InChI=1S/C23H18N2O6/c1-13(25-21(27)17-11-15-7-3-5-9-19(15)31-23(17)29)12-24-20(26)16-10-14-6-2-4-8-18(14)30-22(16)28/h2-11,13H,12H2,1H3,(H,24,26)(H,25,27)/t13-/m0/s1. The third kappa shape index (κ3) is 4.23. The summed E-state index contributed by atoms with van der Waals surface area (Å²) in [7, 11) is 0. The lowest BCUT2D eigenvalue weighted by Gasteiger charge is -2.14. The highest BCUT2D eigenvalue weighted by atomic mass is 16.4. The van der Waals surface area contributed by atoms with Gasteiger partial charge in [0.1, 0.15) is 22.3 Å². The van der Waals surface area contributed by atoms with Gasteiger partial charge in [0.05, 0.1) is 0 Å². The second-order valence-corrected chi connectivity index (χ2v) is 7.06. The topological polar surface area (TPSA) is 119 Å². The minimum absolute atomic E-state index is 0.0375. The lowest BCUT2D eigenvalue weighted by Crippen LogP contribution is -2.43. The van der Waals surface area contributed by atoms with E-state index in [9.17, 15) is 19.2 Å². The van der Waals surface area contributed by atoms with Gasteiger partial charge >= 0.3 is 11.3 Å². The molecule has 2 amide bonds. The van der Waals surface area contributed by atoms with Crippen LogP contribution in [-0.2, 0) is 0 Å². The van der Waals surface area contributed by atoms with Gasteiger partial charge in [0.2, 0.25) is 0 Å². The average Bonchev–Trinajstić information content (AvgIpc) is 2.76. The molecule has 0 bridgehead atoms. The molecular weight excluding hydrogens is 400 g/mol. The summed E-state index contributed by atoms with van der Waals surface area (Å²) in [4.78, 5) is 49.1. The van der Waals surface area contributed by atoms with E-state index in [1.165, 1.54) is 12.1 Å². The van der Waals surface area contributed by atoms with Crippen LogP contribution in [0.1, 0.15) is 27.6 Å². The molecule has 0 saturated carbocycles. The first-order valence-electron chi connectivity index (χ1n) is 9.57. The first-order valence-corrected chi connectivity index (χ1v) is 9.57. The molecule has 2 heterocycles. The van der Waals surface area contributed by atoms with Crippen molar-refractivity contribution in [3.8, 4) is 0 Å². The van der Waals surface area contributed by atoms with Crippen LogP contribution in [0.4, 0.5) is 0 Å². The van der Waals surface area contributed by atoms with Gasteiger partial charge in [-0.3, -0.25) is 9.59 Å². The van der Waals surface area contributed by atoms with Crippen molar-refractivity contribution < 1.29 is 18.4 Å². The van der Waals surface area contributed by atoms with E-state index >= 15 is 0 Å². The van der Waals surface area contributed by atoms with Crippen molar-refractivity contribution in [2.75, 3.05) is 6.54 Å². The van der Waals surface area contributed by atoms with E-state index in [1.807, 2.05) is 0 Å². The maximum atomic E-state index is 12.5. The predicted octanol–water partition coefficient (Wildman–Crippen LogP) is 2.45. The molecule has 4 rings (SSSR count). The molecule has 8 nitrogen and oxygen atoms in total. The lowest BCUT2D eigenvalue weighted by molar-refractivity contribution is 0.0908. The molecule has 4 aromatic rings. The van der Waals surface area contributed by atoms with Crippen LogP contribution in [0.5, 0.6) is 0 Å². The molecule has 8 heteroatoms. The van der Waals surface area contributed by atoms with Crippen molar-refractivity contribution in [3.05, 3.63) is 92.6 Å². The molecule has 0 aliphatic carbocycles. The zero-order chi connectivity index (χ0) is 22.0. The summed E-state index contributed by atoms with van der Waals surface area (Å²) in [5.41, 5.74) is -0.986. The average molecular weight is 418 g/mol. The number of nitrogens with one attached hydrogen (secondary N) is 2. The molecule has 31 heavy (non-hydrogen) atoms. The summed E-state index contributed by atoms with van der Waals surface area (Å²) in [6.45, 7) is 1.69. The Balaban J connectivity index is 1.43. The van der Waals surface area contributed by atoms with Gasteiger partial charge in [0, 0.05) is 23.4 Å². The van der Waals surface area contributed by atoms with Gasteiger partial charge in [-0.15, -0.1) is 0 Å². The van der Waals surface area contributed by atoms with E-state index in [-0.39, 0.29) is 17.7 Å². The quantitative estimate of drug-likeness (QED) is 0.481. The van der Waals surface area contributed by atoms with Crippen LogP contribution in [0.15, 0.2) is 79.1 Å². The van der Waals surface area contributed by atoms with Crippen LogP contribution in [0.2, 0.25) is 0 Å². The van der Waals surface area contributed by atoms with Crippen LogP contribution in [-0.4, -0.2) is 24.4 Å². The second-order valence-electron chi connectivity index (χ2n) is 7.06. The number of amides is 2. The molecule has 0 saturated heterocycles. The first kappa shape index (κ1) is 20.1. The van der Waals surface area contributed by atoms with E-state index in [4.69, 9.17) is 8.83 Å². The van der Waals surface area contributed by atoms with Gasteiger partial charge in [-0.2, -0.15) is 0 Å². The van der Waals surface area contributed by atoms with Gasteiger partial charge < -0.3 is 19.5 Å². The van der Waals surface area contributed by atoms with E-state index in [1.54, 1.807) is 55.5 Å². The summed E-state index contributed by atoms with van der Waals surface area (Å²) in [5, 5.41) is 6.47. The van der Waals surface area contributed by atoms with Crippen LogP contribution < -0.4 is 21.9 Å². The van der Waals surface area contributed by atoms with Crippen molar-refractivity contribution >= 4 is 33.8 Å². The Labute approximate surface area is 175 Å². The minimum Gasteiger partial charge on any atom is -0.422 e. The van der Waals surface area contributed by atoms with Crippen LogP contribution in [0.3, 0.4) is 0 Å². The fraction of sp³-hybridized carbons (Fsp3) is 0.130. The van der Waals surface area contributed by atoms with Gasteiger partial charge in [-0.05, 0) is 31.2 Å². The zero-order valence-electron chi connectivity index (χ0n) is 16.5. The molecule has 156 valence electrons. The van der Waals surface area contributed by atoms with Crippen molar-refractivity contribution in [1.29, 1.82) is 0 Å². The number of rotatable bonds is 5. The SMILES string of the molecule is C[C@@H](CNC(=O)c1cc2ccccc2oc1=O)NC(=O)c1cc2ccccc2oc1=O. The highest BCUT2D eigenvalue weighted by molar-refractivity contribution is 5.97. The smallest absolute Gasteiger partial charge is 0.349 e. The second kappa shape index (κ2) is 8.27. The molecule has 0 aliphatic heterocycles. The summed E-state index contributed by atoms with van der Waals surface area (Å²) in [6, 6.07) is 16.1. The molecule has 1 atom stereocenters. The lowest BCUT2D eigenvalue weighted by atomic mass is 10.1. The van der Waals surface area contributed by atoms with Crippen LogP contribution in [0.25, 0.3) is 21.9 Å². The molecule has 0 unspecified atom stereocenters. The molecule has 0 radical (unpaired) electrons. The predicted molar refractivity (Wildman–Crippen MR) is 114 cm³/mol. The van der Waals surface area contributed by atoms with Gasteiger partial charge in [0.25, 0.3) is 11.8 Å². The number of benzene rings is 2. The Bertz CT molecular complexity index is 1420. The Morgan fingerprint density at radius 3 is 1.84 bits per heavy atom. The number of carbonyl (C=O) groups excluding carboxylic acids is 2. The third-order valence-electron chi connectivity index (χ3n) is 4.72. The molecule has 2 N–H and O–H groups in total. The molecule has 2 aromatic carbocycles. The zero-order valence-corrected chi connectivity index (χ0v) is 16.5. The highest BCUT2D eigenvalue weighted by Crippen LogP contribution is 2.13. The minimum atomic E-state index is -0.749. The normalized spacial score (nSPS) is 11.9. The molecule has 0 fully saturated rings. The van der Waals surface area contributed by atoms with Crippen molar-refractivity contribution in [2.45, 2.75) is 13.0 Å². The number of hydrogen-bond donors (Lipinski definition) is 2. The Morgan fingerprint density at radius 2 is 1.29 bits per heavy atom. The van der Waals surface area contributed by atoms with Crippen molar-refractivity contribution in [1.82, 2.24) is 10.6 Å². The van der Waals surface area contributed by atoms with Crippen molar-refractivity contribution in [2.24, 2.45) is 0 Å². The molecule has 0 aliphatic rings. The summed E-state index contributed by atoms with van der Waals surface area (Å²) in [6.07, 6.45) is 0. The van der Waals surface area contributed by atoms with E-state index in [0.29, 0.717) is 21.9 Å². The first-order chi connectivity index (χ1) is 14.9. The molecule has 0 spiro atoms.